The smallest absolute Gasteiger partial charge is 0.310 e. The highest BCUT2D eigenvalue weighted by Crippen LogP contribution is 2.15. The lowest BCUT2D eigenvalue weighted by Crippen LogP contribution is -2.24. The SMILES string of the molecule is CC.CC(C)(C)OC(=O)Cc1cnn(-c2cccc(Cl)c2)c1. The minimum absolute atomic E-state index is 0.206. The average molecular weight is 323 g/mol. The number of ether oxygens (including phenoxy) is 1. The molecule has 0 fully saturated rings. The van der Waals surface area contributed by atoms with Crippen molar-refractivity contribution < 1.29 is 9.53 Å². The maximum absolute atomic E-state index is 11.7. The topological polar surface area (TPSA) is 44.1 Å². The summed E-state index contributed by atoms with van der Waals surface area (Å²) in [5.74, 6) is -0.261. The summed E-state index contributed by atoms with van der Waals surface area (Å²) in [7, 11) is 0. The van der Waals surface area contributed by atoms with Crippen LogP contribution in [0.2, 0.25) is 5.02 Å². The van der Waals surface area contributed by atoms with E-state index in [-0.39, 0.29) is 12.4 Å². The van der Waals surface area contributed by atoms with Crippen molar-refractivity contribution in [2.24, 2.45) is 0 Å². The van der Waals surface area contributed by atoms with E-state index in [1.54, 1.807) is 23.1 Å². The molecular formula is C17H23ClN2O2. The highest BCUT2D eigenvalue weighted by molar-refractivity contribution is 6.30. The first-order chi connectivity index (χ1) is 10.3. The van der Waals surface area contributed by atoms with E-state index in [0.29, 0.717) is 5.02 Å². The zero-order valence-corrected chi connectivity index (χ0v) is 14.5. The van der Waals surface area contributed by atoms with Gasteiger partial charge in [0.2, 0.25) is 0 Å². The Morgan fingerprint density at radius 2 is 2.00 bits per heavy atom. The van der Waals surface area contributed by atoms with Crippen molar-refractivity contribution in [2.75, 3.05) is 0 Å². The molecule has 22 heavy (non-hydrogen) atoms. The van der Waals surface area contributed by atoms with E-state index in [4.69, 9.17) is 16.3 Å². The third-order valence-electron chi connectivity index (χ3n) is 2.48. The Morgan fingerprint density at radius 3 is 2.59 bits per heavy atom. The molecule has 0 radical (unpaired) electrons. The minimum Gasteiger partial charge on any atom is -0.460 e. The Balaban J connectivity index is 0.00000116. The van der Waals surface area contributed by atoms with Gasteiger partial charge in [0.1, 0.15) is 5.60 Å². The molecule has 0 unspecified atom stereocenters. The third kappa shape index (κ3) is 5.90. The first-order valence-corrected chi connectivity index (χ1v) is 7.73. The fourth-order valence-electron chi connectivity index (χ4n) is 1.76. The van der Waals surface area contributed by atoms with Gasteiger partial charge in [0.25, 0.3) is 0 Å². The third-order valence-corrected chi connectivity index (χ3v) is 2.71. The molecule has 0 spiro atoms. The molecule has 0 atom stereocenters. The summed E-state index contributed by atoms with van der Waals surface area (Å²) in [6, 6.07) is 7.37. The summed E-state index contributed by atoms with van der Waals surface area (Å²) in [4.78, 5) is 11.7. The Morgan fingerprint density at radius 1 is 1.32 bits per heavy atom. The number of halogens is 1. The van der Waals surface area contributed by atoms with Crippen molar-refractivity contribution >= 4 is 17.6 Å². The van der Waals surface area contributed by atoms with E-state index in [2.05, 4.69) is 5.10 Å². The molecule has 0 amide bonds. The predicted molar refractivity (Wildman–Crippen MR) is 89.5 cm³/mol. The number of hydrogen-bond acceptors (Lipinski definition) is 3. The van der Waals surface area contributed by atoms with Gasteiger partial charge in [-0.3, -0.25) is 4.79 Å². The lowest BCUT2D eigenvalue weighted by atomic mass is 10.2. The van der Waals surface area contributed by atoms with Crippen LogP contribution >= 0.6 is 11.6 Å². The number of carbonyl (C=O) groups excluding carboxylic acids is 1. The molecule has 5 heteroatoms. The van der Waals surface area contributed by atoms with Crippen LogP contribution in [0.4, 0.5) is 0 Å². The molecule has 2 aromatic rings. The van der Waals surface area contributed by atoms with Crippen LogP contribution < -0.4 is 0 Å². The van der Waals surface area contributed by atoms with Gasteiger partial charge in [-0.05, 0) is 39.0 Å². The van der Waals surface area contributed by atoms with Crippen LogP contribution in [0.1, 0.15) is 40.2 Å². The number of benzene rings is 1. The van der Waals surface area contributed by atoms with Crippen molar-refractivity contribution in [2.45, 2.75) is 46.6 Å². The molecule has 1 aromatic heterocycles. The quantitative estimate of drug-likeness (QED) is 0.785. The van der Waals surface area contributed by atoms with Crippen molar-refractivity contribution in [3.05, 3.63) is 47.2 Å². The molecule has 1 aromatic carbocycles. The molecule has 0 saturated carbocycles. The van der Waals surface area contributed by atoms with Crippen molar-refractivity contribution in [3.8, 4) is 5.69 Å². The second-order valence-electron chi connectivity index (χ2n) is 5.54. The average Bonchev–Trinajstić information content (AvgIpc) is 2.87. The number of nitrogens with zero attached hydrogens (tertiary/aromatic N) is 2. The van der Waals surface area contributed by atoms with Crippen molar-refractivity contribution in [1.82, 2.24) is 9.78 Å². The first kappa shape index (κ1) is 18.2. The summed E-state index contributed by atoms with van der Waals surface area (Å²) >= 11 is 5.94. The normalized spacial score (nSPS) is 10.6. The van der Waals surface area contributed by atoms with Gasteiger partial charge < -0.3 is 4.74 Å². The fourth-order valence-corrected chi connectivity index (χ4v) is 1.94. The number of hydrogen-bond donors (Lipinski definition) is 0. The number of carbonyl (C=O) groups is 1. The Hall–Kier alpha value is -1.81. The van der Waals surface area contributed by atoms with Crippen LogP contribution in [0.3, 0.4) is 0 Å². The van der Waals surface area contributed by atoms with Gasteiger partial charge in [-0.2, -0.15) is 5.10 Å². The van der Waals surface area contributed by atoms with Gasteiger partial charge in [0, 0.05) is 16.8 Å². The molecule has 4 nitrogen and oxygen atoms in total. The molecule has 0 aliphatic heterocycles. The second-order valence-corrected chi connectivity index (χ2v) is 5.97. The van der Waals surface area contributed by atoms with E-state index in [1.807, 2.05) is 52.8 Å². The van der Waals surface area contributed by atoms with Crippen LogP contribution in [-0.4, -0.2) is 21.4 Å². The summed E-state index contributed by atoms with van der Waals surface area (Å²) in [6.07, 6.45) is 3.66. The summed E-state index contributed by atoms with van der Waals surface area (Å²) < 4.78 is 6.96. The molecule has 1 heterocycles. The van der Waals surface area contributed by atoms with Crippen molar-refractivity contribution in [3.63, 3.8) is 0 Å². The molecule has 0 aliphatic rings. The maximum Gasteiger partial charge on any atom is 0.310 e. The van der Waals surface area contributed by atoms with E-state index >= 15 is 0 Å². The fraction of sp³-hybridized carbons (Fsp3) is 0.412. The lowest BCUT2D eigenvalue weighted by molar-refractivity contribution is -0.153. The van der Waals surface area contributed by atoms with Gasteiger partial charge >= 0.3 is 5.97 Å². The molecule has 2 rings (SSSR count). The van der Waals surface area contributed by atoms with Gasteiger partial charge in [0.15, 0.2) is 0 Å². The Labute approximate surface area is 137 Å². The number of rotatable bonds is 3. The standard InChI is InChI=1S/C15H17ClN2O2.C2H6/c1-15(2,3)20-14(19)7-11-9-17-18(10-11)13-6-4-5-12(16)8-13;1-2/h4-6,8-10H,7H2,1-3H3;1-2H3. The van der Waals surface area contributed by atoms with E-state index in [1.165, 1.54) is 0 Å². The molecule has 0 saturated heterocycles. The molecular weight excluding hydrogens is 300 g/mol. The van der Waals surface area contributed by atoms with E-state index in [9.17, 15) is 4.79 Å². The van der Waals surface area contributed by atoms with E-state index in [0.717, 1.165) is 11.3 Å². The predicted octanol–water partition coefficient (Wildman–Crippen LogP) is 4.44. The second kappa shape index (κ2) is 7.99. The van der Waals surface area contributed by atoms with Crippen molar-refractivity contribution in [1.29, 1.82) is 0 Å². The van der Waals surface area contributed by atoms with Crippen LogP contribution in [0.25, 0.3) is 5.69 Å². The minimum atomic E-state index is -0.472. The molecule has 120 valence electrons. The van der Waals surface area contributed by atoms with E-state index < -0.39 is 5.60 Å². The van der Waals surface area contributed by atoms with Gasteiger partial charge in [0.05, 0.1) is 18.3 Å². The van der Waals surface area contributed by atoms with Crippen LogP contribution in [-0.2, 0) is 16.0 Å². The number of esters is 1. The summed E-state index contributed by atoms with van der Waals surface area (Å²) in [5.41, 5.74) is 1.19. The highest BCUT2D eigenvalue weighted by Gasteiger charge is 2.17. The largest absolute Gasteiger partial charge is 0.460 e. The molecule has 0 bridgehead atoms. The monoisotopic (exact) mass is 322 g/mol. The first-order valence-electron chi connectivity index (χ1n) is 7.35. The molecule has 0 N–H and O–H groups in total. The zero-order chi connectivity index (χ0) is 16.8. The van der Waals surface area contributed by atoms with Crippen LogP contribution in [0.5, 0.6) is 0 Å². The maximum atomic E-state index is 11.7. The summed E-state index contributed by atoms with van der Waals surface area (Å²) in [6.45, 7) is 9.54. The van der Waals surface area contributed by atoms with Gasteiger partial charge in [-0.25, -0.2) is 4.68 Å². The Kier molecular flexibility index (Phi) is 6.62. The molecule has 0 aliphatic carbocycles. The van der Waals surface area contributed by atoms with Gasteiger partial charge in [-0.1, -0.05) is 31.5 Å². The van der Waals surface area contributed by atoms with Gasteiger partial charge in [-0.15, -0.1) is 0 Å². The van der Waals surface area contributed by atoms with Crippen LogP contribution in [0, 0.1) is 0 Å². The highest BCUT2D eigenvalue weighted by atomic mass is 35.5. The summed E-state index contributed by atoms with van der Waals surface area (Å²) in [5, 5.41) is 4.87. The lowest BCUT2D eigenvalue weighted by Gasteiger charge is -2.19. The Bertz CT molecular complexity index is 615. The zero-order valence-electron chi connectivity index (χ0n) is 13.8. The number of aromatic nitrogens is 2. The van der Waals surface area contributed by atoms with Crippen LogP contribution in [0.15, 0.2) is 36.7 Å².